The standard InChI is InChI=1S/C41H57N3O6/c1-40(2)33-11-6-8-13-35(33)43(22-25-49-28-27-47-5)37(40)15-10-16-38-41(3,4)34-12-7-9-14-36(34)44(38)23-26-50-30-29-48-24-21-39(46)42-31-17-19-32(45)20-18-31/h6-16,31-32,45H,17-30H2,1-5H3/p+1. The monoisotopic (exact) mass is 688 g/mol. The summed E-state index contributed by atoms with van der Waals surface area (Å²) in [7, 11) is 1.70. The van der Waals surface area contributed by atoms with Crippen molar-refractivity contribution in [2.24, 2.45) is 0 Å². The van der Waals surface area contributed by atoms with Crippen LogP contribution in [0.25, 0.3) is 0 Å². The number of aliphatic hydroxyl groups excluding tert-OH is 1. The van der Waals surface area contributed by atoms with Gasteiger partial charge < -0.3 is 34.3 Å². The van der Waals surface area contributed by atoms with Gasteiger partial charge in [-0.15, -0.1) is 0 Å². The van der Waals surface area contributed by atoms with Crippen LogP contribution in [0.3, 0.4) is 0 Å². The second kappa shape index (κ2) is 17.7. The highest BCUT2D eigenvalue weighted by Gasteiger charge is 2.44. The van der Waals surface area contributed by atoms with Gasteiger partial charge >= 0.3 is 0 Å². The van der Waals surface area contributed by atoms with E-state index >= 15 is 0 Å². The van der Waals surface area contributed by atoms with Crippen molar-refractivity contribution in [1.29, 1.82) is 0 Å². The minimum absolute atomic E-state index is 0.00934. The molecule has 0 bridgehead atoms. The molecule has 0 saturated heterocycles. The summed E-state index contributed by atoms with van der Waals surface area (Å²) >= 11 is 0. The molecule has 0 radical (unpaired) electrons. The fourth-order valence-electron chi connectivity index (χ4n) is 7.56. The van der Waals surface area contributed by atoms with E-state index < -0.39 is 0 Å². The molecule has 1 saturated carbocycles. The van der Waals surface area contributed by atoms with Gasteiger partial charge in [-0.2, -0.15) is 4.58 Å². The smallest absolute Gasteiger partial charge is 0.222 e. The lowest BCUT2D eigenvalue weighted by atomic mass is 9.81. The third kappa shape index (κ3) is 9.11. The zero-order valence-corrected chi connectivity index (χ0v) is 30.8. The molecule has 2 aromatic carbocycles. The Labute approximate surface area is 299 Å². The molecule has 50 heavy (non-hydrogen) atoms. The summed E-state index contributed by atoms with van der Waals surface area (Å²) in [5.74, 6) is 0.00934. The van der Waals surface area contributed by atoms with Gasteiger partial charge in [0.15, 0.2) is 12.3 Å². The van der Waals surface area contributed by atoms with Gasteiger partial charge in [-0.05, 0) is 57.2 Å². The zero-order valence-electron chi connectivity index (χ0n) is 30.8. The van der Waals surface area contributed by atoms with Crippen LogP contribution < -0.4 is 10.2 Å². The lowest BCUT2D eigenvalue weighted by molar-refractivity contribution is -0.442. The molecule has 0 aromatic heterocycles. The van der Waals surface area contributed by atoms with Gasteiger partial charge in [0.2, 0.25) is 11.6 Å². The molecule has 9 heteroatoms. The molecular formula is C41H58N3O6+. The molecule has 2 heterocycles. The third-order valence-electron chi connectivity index (χ3n) is 10.4. The second-order valence-corrected chi connectivity index (χ2v) is 14.5. The number of fused-ring (bicyclic) bond motifs is 2. The molecule has 5 rings (SSSR count). The van der Waals surface area contributed by atoms with Crippen molar-refractivity contribution >= 4 is 23.0 Å². The molecule has 1 fully saturated rings. The SMILES string of the molecule is COCCOCC[N+]1=C(/C=C/C=C2/N(CCOCCOCCC(=O)NC3CCC(O)CC3)c3ccccc3C2(C)C)C(C)(C)c2ccccc21. The Bertz CT molecular complexity index is 1520. The van der Waals surface area contributed by atoms with Crippen molar-refractivity contribution in [1.82, 2.24) is 5.32 Å². The Balaban J connectivity index is 1.18. The van der Waals surface area contributed by atoms with Crippen molar-refractivity contribution in [3.63, 3.8) is 0 Å². The predicted octanol–water partition coefficient (Wildman–Crippen LogP) is 5.81. The molecule has 1 aliphatic carbocycles. The number of hydrogen-bond donors (Lipinski definition) is 2. The average Bonchev–Trinajstić information content (AvgIpc) is 3.45. The van der Waals surface area contributed by atoms with E-state index in [1.807, 2.05) is 0 Å². The number of nitrogens with zero attached hydrogens (tertiary/aromatic N) is 2. The number of methoxy groups -OCH3 is 1. The van der Waals surface area contributed by atoms with Gasteiger partial charge in [0.05, 0.1) is 51.2 Å². The highest BCUT2D eigenvalue weighted by atomic mass is 16.5. The topological polar surface area (TPSA) is 92.5 Å². The molecular weight excluding hydrogens is 630 g/mol. The summed E-state index contributed by atoms with van der Waals surface area (Å²) in [6, 6.07) is 17.5. The van der Waals surface area contributed by atoms with E-state index in [-0.39, 0.29) is 28.9 Å². The number of carbonyl (C=O) groups is 1. The largest absolute Gasteiger partial charge is 0.393 e. The van der Waals surface area contributed by atoms with Crippen molar-refractivity contribution in [3.8, 4) is 0 Å². The minimum Gasteiger partial charge on any atom is -0.393 e. The second-order valence-electron chi connectivity index (χ2n) is 14.5. The first-order chi connectivity index (χ1) is 24.1. The van der Waals surface area contributed by atoms with Gasteiger partial charge in [0.1, 0.15) is 6.61 Å². The molecule has 2 aromatic rings. The lowest BCUT2D eigenvalue weighted by Crippen LogP contribution is -2.38. The summed E-state index contributed by atoms with van der Waals surface area (Å²) in [5, 5.41) is 12.7. The molecule has 0 unspecified atom stereocenters. The van der Waals surface area contributed by atoms with E-state index in [2.05, 4.69) is 109 Å². The number of anilines is 1. The fraction of sp³-hybridized carbons (Fsp3) is 0.561. The number of allylic oxidation sites excluding steroid dienone is 4. The van der Waals surface area contributed by atoms with E-state index in [1.54, 1.807) is 7.11 Å². The van der Waals surface area contributed by atoms with Gasteiger partial charge in [0.25, 0.3) is 0 Å². The molecule has 2 N–H and O–H groups in total. The number of para-hydroxylation sites is 2. The molecule has 3 aliphatic rings. The summed E-state index contributed by atoms with van der Waals surface area (Å²) in [6.45, 7) is 14.3. The normalized spacial score (nSPS) is 21.6. The van der Waals surface area contributed by atoms with E-state index in [0.29, 0.717) is 52.7 Å². The molecule has 1 amide bonds. The van der Waals surface area contributed by atoms with E-state index in [4.69, 9.17) is 18.9 Å². The number of hydrogen-bond acceptors (Lipinski definition) is 7. The van der Waals surface area contributed by atoms with Crippen molar-refractivity contribution in [2.75, 3.05) is 71.3 Å². The first kappa shape index (κ1) is 37.9. The van der Waals surface area contributed by atoms with Crippen LogP contribution >= 0.6 is 0 Å². The van der Waals surface area contributed by atoms with Crippen molar-refractivity contribution < 1.29 is 33.4 Å². The third-order valence-corrected chi connectivity index (χ3v) is 10.4. The number of nitrogens with one attached hydrogen (secondary N) is 1. The van der Waals surface area contributed by atoms with Crippen molar-refractivity contribution in [2.45, 2.75) is 82.8 Å². The predicted molar refractivity (Wildman–Crippen MR) is 199 cm³/mol. The molecule has 9 nitrogen and oxygen atoms in total. The highest BCUT2D eigenvalue weighted by molar-refractivity contribution is 6.03. The van der Waals surface area contributed by atoms with Crippen molar-refractivity contribution in [3.05, 3.63) is 83.6 Å². The number of rotatable bonds is 18. The van der Waals surface area contributed by atoms with Crippen LogP contribution in [0.15, 0.2) is 72.5 Å². The minimum atomic E-state index is -0.223. The number of amides is 1. The maximum atomic E-state index is 12.3. The molecule has 272 valence electrons. The number of ether oxygens (including phenoxy) is 4. The average molecular weight is 689 g/mol. The highest BCUT2D eigenvalue weighted by Crippen LogP contribution is 2.47. The Kier molecular flexibility index (Phi) is 13.4. The maximum absolute atomic E-state index is 12.3. The van der Waals surface area contributed by atoms with Gasteiger partial charge in [0, 0.05) is 60.6 Å². The van der Waals surface area contributed by atoms with E-state index in [9.17, 15) is 9.90 Å². The van der Waals surface area contributed by atoms with Crippen LogP contribution in [0.5, 0.6) is 0 Å². The van der Waals surface area contributed by atoms with Crippen LogP contribution in [0.4, 0.5) is 11.4 Å². The summed E-state index contributed by atoms with van der Waals surface area (Å²) in [5.41, 5.74) is 7.25. The maximum Gasteiger partial charge on any atom is 0.222 e. The summed E-state index contributed by atoms with van der Waals surface area (Å²) in [6.07, 6.45) is 10.0. The number of aliphatic hydroxyl groups is 1. The van der Waals surface area contributed by atoms with Crippen LogP contribution in [-0.2, 0) is 34.6 Å². The zero-order chi connectivity index (χ0) is 35.6. The van der Waals surface area contributed by atoms with Crippen LogP contribution in [0.2, 0.25) is 0 Å². The lowest BCUT2D eigenvalue weighted by Gasteiger charge is -2.27. The van der Waals surface area contributed by atoms with Gasteiger partial charge in [-0.3, -0.25) is 4.79 Å². The van der Waals surface area contributed by atoms with E-state index in [0.717, 1.165) is 38.8 Å². The van der Waals surface area contributed by atoms with E-state index in [1.165, 1.54) is 33.9 Å². The Morgan fingerprint density at radius 2 is 1.52 bits per heavy atom. The molecule has 2 aliphatic heterocycles. The first-order valence-corrected chi connectivity index (χ1v) is 18.3. The summed E-state index contributed by atoms with van der Waals surface area (Å²) < 4.78 is 25.2. The van der Waals surface area contributed by atoms with Crippen LogP contribution in [0, 0.1) is 0 Å². The van der Waals surface area contributed by atoms with Gasteiger partial charge in [-0.25, -0.2) is 0 Å². The molecule has 0 atom stereocenters. The number of benzene rings is 2. The van der Waals surface area contributed by atoms with Crippen LogP contribution in [-0.4, -0.2) is 99.9 Å². The fourth-order valence-corrected chi connectivity index (χ4v) is 7.56. The first-order valence-electron chi connectivity index (χ1n) is 18.3. The van der Waals surface area contributed by atoms with Crippen LogP contribution in [0.1, 0.15) is 70.9 Å². The van der Waals surface area contributed by atoms with Gasteiger partial charge in [-0.1, -0.05) is 56.3 Å². The Hall–Kier alpha value is -3.34. The quantitative estimate of drug-likeness (QED) is 0.151. The Morgan fingerprint density at radius 1 is 0.860 bits per heavy atom. The molecule has 0 spiro atoms. The number of carbonyl (C=O) groups excluding carboxylic acids is 1. The summed E-state index contributed by atoms with van der Waals surface area (Å²) in [4.78, 5) is 14.7. The Morgan fingerprint density at radius 3 is 2.28 bits per heavy atom.